The van der Waals surface area contributed by atoms with Crippen LogP contribution in [0.2, 0.25) is 0 Å². The first-order valence-corrected chi connectivity index (χ1v) is 7.32. The zero-order valence-corrected chi connectivity index (χ0v) is 12.3. The predicted octanol–water partition coefficient (Wildman–Crippen LogP) is 0.895. The lowest BCUT2D eigenvalue weighted by atomic mass is 10.2. The molecule has 1 saturated heterocycles. The van der Waals surface area contributed by atoms with Crippen molar-refractivity contribution in [2.24, 2.45) is 0 Å². The molecule has 110 valence electrons. The number of amides is 1. The van der Waals surface area contributed by atoms with Crippen molar-refractivity contribution in [1.29, 1.82) is 0 Å². The lowest BCUT2D eigenvalue weighted by Gasteiger charge is -2.11. The average molecular weight is 298 g/mol. The van der Waals surface area contributed by atoms with E-state index in [9.17, 15) is 14.7 Å². The van der Waals surface area contributed by atoms with Crippen molar-refractivity contribution in [3.63, 3.8) is 0 Å². The van der Waals surface area contributed by atoms with Crippen LogP contribution >= 0.6 is 11.3 Å². The Bertz CT molecular complexity index is 514. The Hall–Kier alpha value is -1.44. The van der Waals surface area contributed by atoms with Crippen LogP contribution in [0.5, 0.6) is 0 Å². The van der Waals surface area contributed by atoms with Crippen molar-refractivity contribution in [2.75, 3.05) is 18.5 Å². The molecule has 1 aliphatic rings. The molecule has 1 amide bonds. The van der Waals surface area contributed by atoms with Crippen LogP contribution in [-0.4, -0.2) is 42.3 Å². The highest BCUT2D eigenvalue weighted by molar-refractivity contribution is 7.16. The van der Waals surface area contributed by atoms with Gasteiger partial charge in [0, 0.05) is 11.4 Å². The summed E-state index contributed by atoms with van der Waals surface area (Å²) in [4.78, 5) is 24.8. The minimum Gasteiger partial charge on any atom is -0.462 e. The number of hydrogen-bond acceptors (Lipinski definition) is 6. The number of β-amino-alcohol motifs (C(OH)–C–C–N with tert-alkyl or cyclic N) is 1. The third-order valence-electron chi connectivity index (χ3n) is 3.01. The van der Waals surface area contributed by atoms with Gasteiger partial charge in [0.15, 0.2) is 0 Å². The standard InChI is InChI=1S/C13H18N2O4S/c1-3-19-13(18)9-4-7(2)20-12(9)15-11(17)10-5-8(16)6-14-10/h4,8,10,14,16H,3,5-6H2,1-2H3,(H,15,17). The molecule has 7 heteroatoms. The van der Waals surface area contributed by atoms with E-state index in [1.165, 1.54) is 11.3 Å². The maximum atomic E-state index is 12.1. The highest BCUT2D eigenvalue weighted by Crippen LogP contribution is 2.28. The van der Waals surface area contributed by atoms with Gasteiger partial charge in [-0.1, -0.05) is 0 Å². The number of anilines is 1. The Morgan fingerprint density at radius 3 is 2.95 bits per heavy atom. The second kappa shape index (κ2) is 6.34. The zero-order chi connectivity index (χ0) is 14.7. The molecular formula is C13H18N2O4S. The Morgan fingerprint density at radius 2 is 2.35 bits per heavy atom. The predicted molar refractivity (Wildman–Crippen MR) is 76.1 cm³/mol. The molecule has 0 bridgehead atoms. The van der Waals surface area contributed by atoms with E-state index in [0.29, 0.717) is 23.5 Å². The molecule has 20 heavy (non-hydrogen) atoms. The third kappa shape index (κ3) is 3.36. The minimum absolute atomic E-state index is 0.242. The van der Waals surface area contributed by atoms with Gasteiger partial charge in [0.1, 0.15) is 5.00 Å². The molecule has 0 aliphatic carbocycles. The lowest BCUT2D eigenvalue weighted by Crippen LogP contribution is -2.35. The van der Waals surface area contributed by atoms with Crippen molar-refractivity contribution < 1.29 is 19.4 Å². The van der Waals surface area contributed by atoms with Crippen molar-refractivity contribution in [1.82, 2.24) is 5.32 Å². The van der Waals surface area contributed by atoms with E-state index in [1.54, 1.807) is 13.0 Å². The second-order valence-electron chi connectivity index (χ2n) is 4.66. The van der Waals surface area contributed by atoms with Crippen LogP contribution in [0.1, 0.15) is 28.6 Å². The number of ether oxygens (including phenoxy) is 1. The molecule has 3 N–H and O–H groups in total. The van der Waals surface area contributed by atoms with Gasteiger partial charge < -0.3 is 20.5 Å². The number of nitrogens with one attached hydrogen (secondary N) is 2. The first-order chi connectivity index (χ1) is 9.51. The van der Waals surface area contributed by atoms with Crippen molar-refractivity contribution >= 4 is 28.2 Å². The SMILES string of the molecule is CCOC(=O)c1cc(C)sc1NC(=O)C1CC(O)CN1. The minimum atomic E-state index is -0.500. The monoisotopic (exact) mass is 298 g/mol. The van der Waals surface area contributed by atoms with Crippen LogP contribution < -0.4 is 10.6 Å². The summed E-state index contributed by atoms with van der Waals surface area (Å²) in [5.41, 5.74) is 0.376. The quantitative estimate of drug-likeness (QED) is 0.719. The molecule has 1 fully saturated rings. The Morgan fingerprint density at radius 1 is 1.60 bits per heavy atom. The van der Waals surface area contributed by atoms with Crippen LogP contribution in [0.4, 0.5) is 5.00 Å². The molecule has 2 heterocycles. The normalized spacial score (nSPS) is 21.8. The van der Waals surface area contributed by atoms with Gasteiger partial charge >= 0.3 is 5.97 Å². The van der Waals surface area contributed by atoms with Gasteiger partial charge in [-0.05, 0) is 26.3 Å². The molecule has 1 aliphatic heterocycles. The zero-order valence-electron chi connectivity index (χ0n) is 11.4. The number of carbonyl (C=O) groups is 2. The molecule has 1 aromatic heterocycles. The number of esters is 1. The van der Waals surface area contributed by atoms with E-state index in [1.807, 2.05) is 6.92 Å². The summed E-state index contributed by atoms with van der Waals surface area (Å²) in [6, 6.07) is 1.28. The molecule has 0 saturated carbocycles. The van der Waals surface area contributed by atoms with Crippen molar-refractivity contribution in [2.45, 2.75) is 32.4 Å². The highest BCUT2D eigenvalue weighted by atomic mass is 32.1. The molecule has 2 unspecified atom stereocenters. The van der Waals surface area contributed by atoms with E-state index in [-0.39, 0.29) is 12.5 Å². The number of rotatable bonds is 4. The topological polar surface area (TPSA) is 87.7 Å². The fourth-order valence-corrected chi connectivity index (χ4v) is 2.99. The molecule has 1 aromatic rings. The molecule has 0 spiro atoms. The summed E-state index contributed by atoms with van der Waals surface area (Å²) < 4.78 is 4.97. The number of aliphatic hydroxyl groups excluding tert-OH is 1. The molecule has 0 radical (unpaired) electrons. The van der Waals surface area contributed by atoms with E-state index in [0.717, 1.165) is 4.88 Å². The van der Waals surface area contributed by atoms with Crippen LogP contribution in [0.15, 0.2) is 6.07 Å². The first kappa shape index (κ1) is 15.0. The summed E-state index contributed by atoms with van der Waals surface area (Å²) in [6.07, 6.45) is -0.120. The average Bonchev–Trinajstić information content (AvgIpc) is 2.96. The summed E-state index contributed by atoms with van der Waals surface area (Å²) in [6.45, 7) is 4.30. The number of aliphatic hydroxyl groups is 1. The Labute approximate surface area is 121 Å². The molecular weight excluding hydrogens is 280 g/mol. The largest absolute Gasteiger partial charge is 0.462 e. The third-order valence-corrected chi connectivity index (χ3v) is 3.98. The summed E-state index contributed by atoms with van der Waals surface area (Å²) in [5.74, 6) is -0.680. The highest BCUT2D eigenvalue weighted by Gasteiger charge is 2.29. The number of thiophene rings is 1. The maximum absolute atomic E-state index is 12.1. The van der Waals surface area contributed by atoms with Crippen LogP contribution in [0.25, 0.3) is 0 Å². The van der Waals surface area contributed by atoms with E-state index in [2.05, 4.69) is 10.6 Å². The van der Waals surface area contributed by atoms with Gasteiger partial charge in [-0.2, -0.15) is 0 Å². The molecule has 2 rings (SSSR count). The van der Waals surface area contributed by atoms with Gasteiger partial charge in [-0.15, -0.1) is 11.3 Å². The van der Waals surface area contributed by atoms with Gasteiger partial charge in [0.2, 0.25) is 5.91 Å². The molecule has 0 aromatic carbocycles. The van der Waals surface area contributed by atoms with Gasteiger partial charge in [-0.25, -0.2) is 4.79 Å². The Kier molecular flexibility index (Phi) is 4.74. The van der Waals surface area contributed by atoms with Crippen LogP contribution in [-0.2, 0) is 9.53 Å². The van der Waals surface area contributed by atoms with Crippen LogP contribution in [0, 0.1) is 6.92 Å². The van der Waals surface area contributed by atoms with E-state index >= 15 is 0 Å². The summed E-state index contributed by atoms with van der Waals surface area (Å²) in [5, 5.41) is 15.6. The van der Waals surface area contributed by atoms with Crippen molar-refractivity contribution in [3.05, 3.63) is 16.5 Å². The number of hydrogen-bond donors (Lipinski definition) is 3. The van der Waals surface area contributed by atoms with Crippen LogP contribution in [0.3, 0.4) is 0 Å². The van der Waals surface area contributed by atoms with Gasteiger partial charge in [0.25, 0.3) is 0 Å². The van der Waals surface area contributed by atoms with Gasteiger partial charge in [-0.3, -0.25) is 4.79 Å². The lowest BCUT2D eigenvalue weighted by molar-refractivity contribution is -0.117. The second-order valence-corrected chi connectivity index (χ2v) is 5.92. The summed E-state index contributed by atoms with van der Waals surface area (Å²) in [7, 11) is 0. The smallest absolute Gasteiger partial charge is 0.341 e. The summed E-state index contributed by atoms with van der Waals surface area (Å²) >= 11 is 1.33. The van der Waals surface area contributed by atoms with Gasteiger partial charge in [0.05, 0.1) is 24.3 Å². The van der Waals surface area contributed by atoms with E-state index in [4.69, 9.17) is 4.74 Å². The molecule has 2 atom stereocenters. The van der Waals surface area contributed by atoms with E-state index < -0.39 is 18.1 Å². The first-order valence-electron chi connectivity index (χ1n) is 6.51. The maximum Gasteiger partial charge on any atom is 0.341 e. The fourth-order valence-electron chi connectivity index (χ4n) is 2.08. The fraction of sp³-hybridized carbons (Fsp3) is 0.538. The number of aryl methyl sites for hydroxylation is 1. The number of carbonyl (C=O) groups excluding carboxylic acids is 2. The van der Waals surface area contributed by atoms with Crippen molar-refractivity contribution in [3.8, 4) is 0 Å². The molecule has 6 nitrogen and oxygen atoms in total. The Balaban J connectivity index is 2.09.